The lowest BCUT2D eigenvalue weighted by atomic mass is 9.93. The molecular formula is C17H26N2O2. The molecule has 21 heavy (non-hydrogen) atoms. The van der Waals surface area contributed by atoms with Gasteiger partial charge in [0.1, 0.15) is 5.60 Å². The predicted molar refractivity (Wildman–Crippen MR) is 83.9 cm³/mol. The molecule has 0 radical (unpaired) electrons. The van der Waals surface area contributed by atoms with Crippen molar-refractivity contribution in [3.63, 3.8) is 0 Å². The molecule has 0 unspecified atom stereocenters. The Morgan fingerprint density at radius 2 is 2.05 bits per heavy atom. The molecule has 0 bridgehead atoms. The maximum absolute atomic E-state index is 12.3. The summed E-state index contributed by atoms with van der Waals surface area (Å²) in [5.74, 6) is -0.234. The van der Waals surface area contributed by atoms with E-state index in [2.05, 4.69) is 22.8 Å². The number of esters is 1. The van der Waals surface area contributed by atoms with Crippen LogP contribution in [0.25, 0.3) is 0 Å². The van der Waals surface area contributed by atoms with Crippen LogP contribution in [0.3, 0.4) is 0 Å². The Morgan fingerprint density at radius 3 is 2.71 bits per heavy atom. The van der Waals surface area contributed by atoms with E-state index in [9.17, 15) is 4.79 Å². The first-order valence-corrected chi connectivity index (χ1v) is 7.66. The predicted octanol–water partition coefficient (Wildman–Crippen LogP) is 2.10. The van der Waals surface area contributed by atoms with E-state index in [4.69, 9.17) is 4.74 Å². The van der Waals surface area contributed by atoms with E-state index < -0.39 is 5.60 Å². The Balaban J connectivity index is 1.94. The molecule has 116 valence electrons. The highest BCUT2D eigenvalue weighted by Crippen LogP contribution is 2.18. The topological polar surface area (TPSA) is 50.4 Å². The standard InChI is InChI=1S/C17H26N2O2/c1-17(2,3)21-16(20)14-12-18-10-9-15(14)19-11-13-7-5-4-6-8-13/h4-8,14-15,18-19H,9-12H2,1-3H3/t14-,15+/m1/s1. The van der Waals surface area contributed by atoms with Crippen molar-refractivity contribution < 1.29 is 9.53 Å². The van der Waals surface area contributed by atoms with Crippen molar-refractivity contribution in [3.05, 3.63) is 35.9 Å². The first-order chi connectivity index (χ1) is 9.96. The van der Waals surface area contributed by atoms with Gasteiger partial charge >= 0.3 is 5.97 Å². The average Bonchev–Trinajstić information content (AvgIpc) is 2.45. The quantitative estimate of drug-likeness (QED) is 0.834. The van der Waals surface area contributed by atoms with E-state index >= 15 is 0 Å². The Morgan fingerprint density at radius 1 is 1.33 bits per heavy atom. The molecule has 1 aromatic rings. The lowest BCUT2D eigenvalue weighted by Crippen LogP contribution is -2.51. The first-order valence-electron chi connectivity index (χ1n) is 7.66. The van der Waals surface area contributed by atoms with Gasteiger partial charge in [-0.25, -0.2) is 0 Å². The number of hydrogen-bond donors (Lipinski definition) is 2. The Bertz CT molecular complexity index is 454. The molecule has 2 N–H and O–H groups in total. The third-order valence-electron chi connectivity index (χ3n) is 3.60. The van der Waals surface area contributed by atoms with Crippen LogP contribution in [0.15, 0.2) is 30.3 Å². The number of rotatable bonds is 4. The van der Waals surface area contributed by atoms with Crippen LogP contribution < -0.4 is 10.6 Å². The number of ether oxygens (including phenoxy) is 1. The van der Waals surface area contributed by atoms with E-state index in [-0.39, 0.29) is 17.9 Å². The second-order valence-electron chi connectivity index (χ2n) is 6.61. The number of carbonyl (C=O) groups excluding carboxylic acids is 1. The lowest BCUT2D eigenvalue weighted by molar-refractivity contribution is -0.161. The molecule has 1 heterocycles. The second-order valence-corrected chi connectivity index (χ2v) is 6.61. The van der Waals surface area contributed by atoms with Crippen molar-refractivity contribution in [1.29, 1.82) is 0 Å². The van der Waals surface area contributed by atoms with E-state index in [0.29, 0.717) is 6.54 Å². The van der Waals surface area contributed by atoms with Crippen LogP contribution in [0.4, 0.5) is 0 Å². The molecule has 1 aliphatic rings. The van der Waals surface area contributed by atoms with Gasteiger partial charge in [0.05, 0.1) is 5.92 Å². The zero-order valence-corrected chi connectivity index (χ0v) is 13.2. The molecule has 1 saturated heterocycles. The second kappa shape index (κ2) is 7.05. The molecule has 0 amide bonds. The summed E-state index contributed by atoms with van der Waals surface area (Å²) in [5.41, 5.74) is 0.803. The van der Waals surface area contributed by atoms with Crippen molar-refractivity contribution in [3.8, 4) is 0 Å². The molecule has 4 heteroatoms. The minimum atomic E-state index is -0.432. The number of benzene rings is 1. The van der Waals surface area contributed by atoms with Crippen molar-refractivity contribution in [2.75, 3.05) is 13.1 Å². The third kappa shape index (κ3) is 5.14. The van der Waals surface area contributed by atoms with Gasteiger partial charge in [0, 0.05) is 19.1 Å². The van der Waals surface area contributed by atoms with E-state index in [0.717, 1.165) is 19.5 Å². The summed E-state index contributed by atoms with van der Waals surface area (Å²) in [4.78, 5) is 12.3. The number of carbonyl (C=O) groups is 1. The maximum Gasteiger partial charge on any atom is 0.312 e. The normalized spacial score (nSPS) is 22.8. The lowest BCUT2D eigenvalue weighted by Gasteiger charge is -2.33. The molecule has 0 spiro atoms. The van der Waals surface area contributed by atoms with Crippen molar-refractivity contribution in [1.82, 2.24) is 10.6 Å². The highest BCUT2D eigenvalue weighted by molar-refractivity contribution is 5.74. The number of hydrogen-bond acceptors (Lipinski definition) is 4. The van der Waals surface area contributed by atoms with Crippen LogP contribution in [-0.4, -0.2) is 30.7 Å². The summed E-state index contributed by atoms with van der Waals surface area (Å²) in [6, 6.07) is 10.4. The van der Waals surface area contributed by atoms with E-state index in [1.165, 1.54) is 5.56 Å². The third-order valence-corrected chi connectivity index (χ3v) is 3.60. The fourth-order valence-electron chi connectivity index (χ4n) is 2.57. The molecule has 1 fully saturated rings. The molecule has 1 aliphatic heterocycles. The van der Waals surface area contributed by atoms with E-state index in [1.54, 1.807) is 0 Å². The average molecular weight is 290 g/mol. The number of nitrogens with one attached hydrogen (secondary N) is 2. The number of piperidine rings is 1. The minimum Gasteiger partial charge on any atom is -0.460 e. The van der Waals surface area contributed by atoms with Crippen LogP contribution in [0, 0.1) is 5.92 Å². The highest BCUT2D eigenvalue weighted by atomic mass is 16.6. The van der Waals surface area contributed by atoms with Gasteiger partial charge in [0.15, 0.2) is 0 Å². The fourth-order valence-corrected chi connectivity index (χ4v) is 2.57. The SMILES string of the molecule is CC(C)(C)OC(=O)[C@@H]1CNCC[C@@H]1NCc1ccccc1. The summed E-state index contributed by atoms with van der Waals surface area (Å²) >= 11 is 0. The van der Waals surface area contributed by atoms with Gasteiger partial charge in [-0.15, -0.1) is 0 Å². The molecule has 0 aromatic heterocycles. The van der Waals surface area contributed by atoms with Crippen LogP contribution in [0.2, 0.25) is 0 Å². The van der Waals surface area contributed by atoms with Gasteiger partial charge in [-0.05, 0) is 39.3 Å². The van der Waals surface area contributed by atoms with Gasteiger partial charge in [-0.1, -0.05) is 30.3 Å². The first kappa shape index (κ1) is 16.0. The maximum atomic E-state index is 12.3. The highest BCUT2D eigenvalue weighted by Gasteiger charge is 2.33. The summed E-state index contributed by atoms with van der Waals surface area (Å²) < 4.78 is 5.54. The van der Waals surface area contributed by atoms with E-state index in [1.807, 2.05) is 39.0 Å². The van der Waals surface area contributed by atoms with Gasteiger partial charge in [0.2, 0.25) is 0 Å². The summed E-state index contributed by atoms with van der Waals surface area (Å²) in [7, 11) is 0. The van der Waals surface area contributed by atoms with Crippen molar-refractivity contribution in [2.45, 2.75) is 45.4 Å². The van der Waals surface area contributed by atoms with Crippen LogP contribution in [0.1, 0.15) is 32.8 Å². The van der Waals surface area contributed by atoms with Crippen LogP contribution in [-0.2, 0) is 16.1 Å². The Labute approximate surface area is 127 Å². The summed E-state index contributed by atoms with van der Waals surface area (Å²) in [5, 5.41) is 6.80. The monoisotopic (exact) mass is 290 g/mol. The Kier molecular flexibility index (Phi) is 5.37. The zero-order valence-electron chi connectivity index (χ0n) is 13.2. The summed E-state index contributed by atoms with van der Waals surface area (Å²) in [6.45, 7) is 8.13. The molecule has 1 aromatic carbocycles. The largest absolute Gasteiger partial charge is 0.460 e. The Hall–Kier alpha value is -1.39. The zero-order chi connectivity index (χ0) is 15.3. The molecular weight excluding hydrogens is 264 g/mol. The summed E-state index contributed by atoms with van der Waals surface area (Å²) in [6.07, 6.45) is 0.941. The van der Waals surface area contributed by atoms with Gasteiger partial charge in [-0.3, -0.25) is 4.79 Å². The van der Waals surface area contributed by atoms with Gasteiger partial charge in [0.25, 0.3) is 0 Å². The van der Waals surface area contributed by atoms with Crippen molar-refractivity contribution in [2.24, 2.45) is 5.92 Å². The van der Waals surface area contributed by atoms with Gasteiger partial charge in [-0.2, -0.15) is 0 Å². The molecule has 2 rings (SSSR count). The fraction of sp³-hybridized carbons (Fsp3) is 0.588. The molecule has 0 saturated carbocycles. The molecule has 0 aliphatic carbocycles. The molecule has 2 atom stereocenters. The van der Waals surface area contributed by atoms with Crippen molar-refractivity contribution >= 4 is 5.97 Å². The smallest absolute Gasteiger partial charge is 0.312 e. The van der Waals surface area contributed by atoms with Gasteiger partial charge < -0.3 is 15.4 Å². The minimum absolute atomic E-state index is 0.111. The van der Waals surface area contributed by atoms with Crippen LogP contribution in [0.5, 0.6) is 0 Å². The van der Waals surface area contributed by atoms with Crippen LogP contribution >= 0.6 is 0 Å². The molecule has 4 nitrogen and oxygen atoms in total.